The third-order valence-corrected chi connectivity index (χ3v) is 3.90. The molecule has 0 spiro atoms. The minimum absolute atomic E-state index is 0.161. The Kier molecular flexibility index (Phi) is 2.59. The number of hydrogen-bond donors (Lipinski definition) is 1. The molecule has 1 aliphatic carbocycles. The molecule has 15 heavy (non-hydrogen) atoms. The summed E-state index contributed by atoms with van der Waals surface area (Å²) < 4.78 is 1.84. The average molecular weight is 207 g/mol. The first-order valence-electron chi connectivity index (χ1n) is 5.80. The molecule has 1 aromatic heterocycles. The van der Waals surface area contributed by atoms with Crippen LogP contribution < -0.4 is 5.73 Å². The monoisotopic (exact) mass is 207 g/mol. The van der Waals surface area contributed by atoms with Crippen LogP contribution in [0, 0.1) is 11.8 Å². The molecular weight excluding hydrogens is 186 g/mol. The second-order valence-electron chi connectivity index (χ2n) is 5.23. The lowest BCUT2D eigenvalue weighted by atomic mass is 9.68. The lowest BCUT2D eigenvalue weighted by molar-refractivity contribution is 0.162. The first kappa shape index (κ1) is 10.7. The van der Waals surface area contributed by atoms with Crippen LogP contribution in [0.1, 0.15) is 38.7 Å². The van der Waals surface area contributed by atoms with Crippen molar-refractivity contribution in [1.82, 2.24) is 9.78 Å². The zero-order valence-corrected chi connectivity index (χ0v) is 9.90. The molecule has 0 radical (unpaired) electrons. The summed E-state index contributed by atoms with van der Waals surface area (Å²) in [5, 5.41) is 4.23. The van der Waals surface area contributed by atoms with E-state index in [4.69, 9.17) is 5.73 Å². The quantitative estimate of drug-likeness (QED) is 0.765. The van der Waals surface area contributed by atoms with E-state index >= 15 is 0 Å². The number of nitrogens with zero attached hydrogens (tertiary/aromatic N) is 2. The van der Waals surface area contributed by atoms with Crippen LogP contribution in [0.25, 0.3) is 0 Å². The van der Waals surface area contributed by atoms with Gasteiger partial charge in [-0.05, 0) is 24.7 Å². The first-order valence-corrected chi connectivity index (χ1v) is 5.80. The minimum Gasteiger partial charge on any atom is -0.321 e. The van der Waals surface area contributed by atoms with Gasteiger partial charge in [0.25, 0.3) is 0 Å². The lowest BCUT2D eigenvalue weighted by Crippen LogP contribution is -2.46. The topological polar surface area (TPSA) is 43.8 Å². The lowest BCUT2D eigenvalue weighted by Gasteiger charge is -2.41. The van der Waals surface area contributed by atoms with Crippen molar-refractivity contribution in [2.24, 2.45) is 24.6 Å². The smallest absolute Gasteiger partial charge is 0.0540 e. The van der Waals surface area contributed by atoms with Gasteiger partial charge in [0.15, 0.2) is 0 Å². The summed E-state index contributed by atoms with van der Waals surface area (Å²) in [4.78, 5) is 0. The molecule has 0 saturated heterocycles. The Balaban J connectivity index is 2.30. The van der Waals surface area contributed by atoms with Crippen molar-refractivity contribution in [2.75, 3.05) is 0 Å². The summed E-state index contributed by atoms with van der Waals surface area (Å²) in [6.07, 6.45) is 7.61. The molecule has 3 unspecified atom stereocenters. The molecule has 2 rings (SSSR count). The van der Waals surface area contributed by atoms with E-state index in [0.29, 0.717) is 5.92 Å². The van der Waals surface area contributed by atoms with Crippen LogP contribution in [-0.2, 0) is 12.6 Å². The van der Waals surface area contributed by atoms with Crippen LogP contribution in [0.3, 0.4) is 0 Å². The molecule has 0 amide bonds. The standard InChI is InChI=1S/C12H21N3/c1-9-4-5-10(2)12(13,6-9)11-7-14-15(3)8-11/h7-10H,4-6,13H2,1-3H3. The molecule has 3 heteroatoms. The van der Waals surface area contributed by atoms with Crippen LogP contribution in [0.2, 0.25) is 0 Å². The van der Waals surface area contributed by atoms with Gasteiger partial charge in [-0.15, -0.1) is 0 Å². The second-order valence-corrected chi connectivity index (χ2v) is 5.23. The molecule has 0 aromatic carbocycles. The summed E-state index contributed by atoms with van der Waals surface area (Å²) in [6.45, 7) is 4.56. The predicted octanol–water partition coefficient (Wildman–Crippen LogP) is 2.03. The third kappa shape index (κ3) is 1.81. The molecule has 1 fully saturated rings. The summed E-state index contributed by atoms with van der Waals surface area (Å²) in [6, 6.07) is 0. The van der Waals surface area contributed by atoms with Crippen molar-refractivity contribution in [3.63, 3.8) is 0 Å². The van der Waals surface area contributed by atoms with E-state index in [2.05, 4.69) is 25.1 Å². The fourth-order valence-corrected chi connectivity index (χ4v) is 2.74. The summed E-state index contributed by atoms with van der Waals surface area (Å²) in [5.74, 6) is 1.28. The van der Waals surface area contributed by atoms with Gasteiger partial charge in [-0.25, -0.2) is 0 Å². The fourth-order valence-electron chi connectivity index (χ4n) is 2.74. The molecule has 84 valence electrons. The highest BCUT2D eigenvalue weighted by Crippen LogP contribution is 2.41. The van der Waals surface area contributed by atoms with Crippen molar-refractivity contribution in [3.8, 4) is 0 Å². The molecule has 3 atom stereocenters. The highest BCUT2D eigenvalue weighted by atomic mass is 15.2. The molecular formula is C12H21N3. The van der Waals surface area contributed by atoms with E-state index in [1.54, 1.807) is 0 Å². The van der Waals surface area contributed by atoms with Gasteiger partial charge < -0.3 is 5.73 Å². The predicted molar refractivity (Wildman–Crippen MR) is 61.3 cm³/mol. The SMILES string of the molecule is CC1CCC(C)C(N)(c2cnn(C)c2)C1. The van der Waals surface area contributed by atoms with Crippen molar-refractivity contribution in [3.05, 3.63) is 18.0 Å². The zero-order chi connectivity index (χ0) is 11.1. The van der Waals surface area contributed by atoms with E-state index in [1.165, 1.54) is 18.4 Å². The Morgan fingerprint density at radius 1 is 1.47 bits per heavy atom. The van der Waals surface area contributed by atoms with E-state index in [1.807, 2.05) is 17.9 Å². The van der Waals surface area contributed by atoms with Crippen molar-refractivity contribution in [2.45, 2.75) is 38.6 Å². The maximum atomic E-state index is 6.57. The molecule has 1 aromatic rings. The van der Waals surface area contributed by atoms with Gasteiger partial charge in [0.1, 0.15) is 0 Å². The Labute approximate surface area is 91.7 Å². The van der Waals surface area contributed by atoms with E-state index in [9.17, 15) is 0 Å². The van der Waals surface area contributed by atoms with Crippen molar-refractivity contribution in [1.29, 1.82) is 0 Å². The number of rotatable bonds is 1. The third-order valence-electron chi connectivity index (χ3n) is 3.90. The van der Waals surface area contributed by atoms with Gasteiger partial charge in [-0.2, -0.15) is 5.10 Å². The van der Waals surface area contributed by atoms with Crippen LogP contribution >= 0.6 is 0 Å². The molecule has 0 bridgehead atoms. The van der Waals surface area contributed by atoms with Crippen molar-refractivity contribution < 1.29 is 0 Å². The van der Waals surface area contributed by atoms with Gasteiger partial charge in [-0.3, -0.25) is 4.68 Å². The number of nitrogens with two attached hydrogens (primary N) is 1. The average Bonchev–Trinajstić information content (AvgIpc) is 2.59. The highest BCUT2D eigenvalue weighted by molar-refractivity contribution is 5.20. The summed E-state index contributed by atoms with van der Waals surface area (Å²) >= 11 is 0. The second kappa shape index (κ2) is 3.63. The van der Waals surface area contributed by atoms with E-state index in [-0.39, 0.29) is 5.54 Å². The molecule has 1 aliphatic rings. The summed E-state index contributed by atoms with van der Waals surface area (Å²) in [7, 11) is 1.95. The van der Waals surface area contributed by atoms with Gasteiger partial charge in [0.05, 0.1) is 6.20 Å². The van der Waals surface area contributed by atoms with Crippen LogP contribution in [0.15, 0.2) is 12.4 Å². The molecule has 2 N–H and O–H groups in total. The number of aromatic nitrogens is 2. The van der Waals surface area contributed by atoms with Crippen molar-refractivity contribution >= 4 is 0 Å². The fraction of sp³-hybridized carbons (Fsp3) is 0.750. The van der Waals surface area contributed by atoms with E-state index < -0.39 is 0 Å². The normalized spacial score (nSPS) is 36.8. The number of hydrogen-bond acceptors (Lipinski definition) is 2. The van der Waals surface area contributed by atoms with Gasteiger partial charge in [0.2, 0.25) is 0 Å². The first-order chi connectivity index (χ1) is 7.02. The highest BCUT2D eigenvalue weighted by Gasteiger charge is 2.39. The Hall–Kier alpha value is -0.830. The van der Waals surface area contributed by atoms with Crippen LogP contribution in [-0.4, -0.2) is 9.78 Å². The van der Waals surface area contributed by atoms with E-state index in [0.717, 1.165) is 12.3 Å². The minimum atomic E-state index is -0.161. The van der Waals surface area contributed by atoms with Crippen LogP contribution in [0.4, 0.5) is 0 Å². The molecule has 1 saturated carbocycles. The molecule has 1 heterocycles. The zero-order valence-electron chi connectivity index (χ0n) is 9.90. The molecule has 3 nitrogen and oxygen atoms in total. The number of aryl methyl sites for hydroxylation is 1. The van der Waals surface area contributed by atoms with Gasteiger partial charge >= 0.3 is 0 Å². The maximum absolute atomic E-state index is 6.57. The maximum Gasteiger partial charge on any atom is 0.0540 e. The van der Waals surface area contributed by atoms with Gasteiger partial charge in [-0.1, -0.05) is 20.3 Å². The Morgan fingerprint density at radius 2 is 2.20 bits per heavy atom. The van der Waals surface area contributed by atoms with Gasteiger partial charge in [0, 0.05) is 24.3 Å². The Bertz CT molecular complexity index is 344. The summed E-state index contributed by atoms with van der Waals surface area (Å²) in [5.41, 5.74) is 7.61. The molecule has 0 aliphatic heterocycles. The van der Waals surface area contributed by atoms with Crippen LogP contribution in [0.5, 0.6) is 0 Å². The Morgan fingerprint density at radius 3 is 2.80 bits per heavy atom. The largest absolute Gasteiger partial charge is 0.321 e.